The minimum absolute atomic E-state index is 0.0656. The smallest absolute Gasteiger partial charge is 0.267 e. The van der Waals surface area contributed by atoms with Crippen molar-refractivity contribution in [1.29, 1.82) is 0 Å². The second kappa shape index (κ2) is 8.06. The van der Waals surface area contributed by atoms with Gasteiger partial charge in [-0.25, -0.2) is 4.98 Å². The summed E-state index contributed by atoms with van der Waals surface area (Å²) in [6, 6.07) is 11.4. The maximum Gasteiger partial charge on any atom is 0.267 e. The molecule has 0 saturated heterocycles. The predicted octanol–water partition coefficient (Wildman–Crippen LogP) is 4.47. The van der Waals surface area contributed by atoms with Gasteiger partial charge >= 0.3 is 0 Å². The summed E-state index contributed by atoms with van der Waals surface area (Å²) < 4.78 is 6.98. The standard InChI is InChI=1S/C19H18N4O2S2/c1-2-3-9-15-20-16(25-22-15)12-27-19-21-17-14(10-11-26-17)18(24)23(19)13-7-5-4-6-8-13/h4-8,10-11H,2-3,9,12H2,1H3. The van der Waals surface area contributed by atoms with Crippen LogP contribution in [0.5, 0.6) is 0 Å². The molecule has 0 unspecified atom stereocenters. The van der Waals surface area contributed by atoms with Crippen LogP contribution in [0, 0.1) is 0 Å². The van der Waals surface area contributed by atoms with Gasteiger partial charge in [0.05, 0.1) is 16.8 Å². The molecule has 0 amide bonds. The maximum absolute atomic E-state index is 13.0. The van der Waals surface area contributed by atoms with E-state index in [2.05, 4.69) is 17.1 Å². The number of hydrogen-bond donors (Lipinski definition) is 0. The molecule has 4 aromatic rings. The van der Waals surface area contributed by atoms with E-state index in [1.807, 2.05) is 41.8 Å². The lowest BCUT2D eigenvalue weighted by atomic mass is 10.2. The Hall–Kier alpha value is -2.45. The van der Waals surface area contributed by atoms with Crippen molar-refractivity contribution < 1.29 is 4.52 Å². The first-order chi connectivity index (χ1) is 13.3. The van der Waals surface area contributed by atoms with Crippen molar-refractivity contribution in [2.75, 3.05) is 0 Å². The van der Waals surface area contributed by atoms with Gasteiger partial charge in [0.1, 0.15) is 4.83 Å². The first-order valence-electron chi connectivity index (χ1n) is 8.76. The van der Waals surface area contributed by atoms with Crippen LogP contribution in [0.4, 0.5) is 0 Å². The minimum Gasteiger partial charge on any atom is -0.338 e. The summed E-state index contributed by atoms with van der Waals surface area (Å²) in [5, 5.41) is 7.16. The monoisotopic (exact) mass is 398 g/mol. The van der Waals surface area contributed by atoms with Gasteiger partial charge in [0.15, 0.2) is 11.0 Å². The number of nitrogens with zero attached hydrogens (tertiary/aromatic N) is 4. The van der Waals surface area contributed by atoms with Gasteiger partial charge in [-0.05, 0) is 30.0 Å². The van der Waals surface area contributed by atoms with Gasteiger partial charge < -0.3 is 4.52 Å². The molecule has 6 nitrogen and oxygen atoms in total. The van der Waals surface area contributed by atoms with Crippen LogP contribution in [0.15, 0.2) is 56.3 Å². The molecule has 0 spiro atoms. The van der Waals surface area contributed by atoms with Crippen LogP contribution in [0.25, 0.3) is 15.9 Å². The third-order valence-corrected chi connectivity index (χ3v) is 5.80. The van der Waals surface area contributed by atoms with Crippen molar-refractivity contribution >= 4 is 33.3 Å². The van der Waals surface area contributed by atoms with Crippen LogP contribution < -0.4 is 5.56 Å². The molecule has 3 heterocycles. The van der Waals surface area contributed by atoms with Crippen molar-refractivity contribution in [3.8, 4) is 5.69 Å². The van der Waals surface area contributed by atoms with Crippen molar-refractivity contribution in [2.24, 2.45) is 0 Å². The summed E-state index contributed by atoms with van der Waals surface area (Å²) in [6.45, 7) is 2.13. The number of unbranched alkanes of at least 4 members (excludes halogenated alkanes) is 1. The Labute approximate surface area is 164 Å². The zero-order chi connectivity index (χ0) is 18.6. The van der Waals surface area contributed by atoms with Crippen LogP contribution in [0.2, 0.25) is 0 Å². The molecule has 0 aliphatic carbocycles. The summed E-state index contributed by atoms with van der Waals surface area (Å²) in [6.07, 6.45) is 2.95. The Morgan fingerprint density at radius 1 is 1.19 bits per heavy atom. The zero-order valence-corrected chi connectivity index (χ0v) is 16.4. The van der Waals surface area contributed by atoms with Crippen LogP contribution in [0.3, 0.4) is 0 Å². The van der Waals surface area contributed by atoms with Crippen LogP contribution in [-0.4, -0.2) is 19.7 Å². The van der Waals surface area contributed by atoms with Crippen LogP contribution >= 0.6 is 23.1 Å². The van der Waals surface area contributed by atoms with Gasteiger partial charge in [0, 0.05) is 6.42 Å². The van der Waals surface area contributed by atoms with E-state index in [0.29, 0.717) is 22.2 Å². The summed E-state index contributed by atoms with van der Waals surface area (Å²) in [5.74, 6) is 1.75. The number of benzene rings is 1. The first kappa shape index (κ1) is 17.9. The number of aromatic nitrogens is 4. The molecule has 3 aromatic heterocycles. The lowest BCUT2D eigenvalue weighted by molar-refractivity contribution is 0.384. The summed E-state index contributed by atoms with van der Waals surface area (Å²) in [7, 11) is 0. The topological polar surface area (TPSA) is 73.8 Å². The lowest BCUT2D eigenvalue weighted by Gasteiger charge is -2.11. The van der Waals surface area contributed by atoms with E-state index in [9.17, 15) is 4.79 Å². The molecule has 4 rings (SSSR count). The molecule has 0 fully saturated rings. The van der Waals surface area contributed by atoms with Crippen molar-refractivity contribution in [1.82, 2.24) is 19.7 Å². The van der Waals surface area contributed by atoms with Gasteiger partial charge in [-0.1, -0.05) is 48.5 Å². The van der Waals surface area contributed by atoms with E-state index in [1.54, 1.807) is 4.57 Å². The van der Waals surface area contributed by atoms with E-state index in [0.717, 1.165) is 35.6 Å². The fourth-order valence-corrected chi connectivity index (χ4v) is 4.36. The summed E-state index contributed by atoms with van der Waals surface area (Å²) in [4.78, 5) is 22.9. The highest BCUT2D eigenvalue weighted by Gasteiger charge is 2.15. The molecule has 0 aliphatic heterocycles. The average molecular weight is 399 g/mol. The highest BCUT2D eigenvalue weighted by molar-refractivity contribution is 7.98. The second-order valence-electron chi connectivity index (χ2n) is 6.01. The largest absolute Gasteiger partial charge is 0.338 e. The Kier molecular flexibility index (Phi) is 5.35. The number of thiophene rings is 1. The van der Waals surface area contributed by atoms with Gasteiger partial charge in [-0.15, -0.1) is 11.3 Å². The van der Waals surface area contributed by atoms with E-state index in [4.69, 9.17) is 9.51 Å². The Bertz CT molecular complexity index is 1100. The normalized spacial score (nSPS) is 11.3. The number of thioether (sulfide) groups is 1. The van der Waals surface area contributed by atoms with Gasteiger partial charge in [0.2, 0.25) is 5.89 Å². The van der Waals surface area contributed by atoms with Crippen LogP contribution in [-0.2, 0) is 12.2 Å². The van der Waals surface area contributed by atoms with Gasteiger partial charge in [-0.2, -0.15) is 4.98 Å². The average Bonchev–Trinajstić information content (AvgIpc) is 3.35. The highest BCUT2D eigenvalue weighted by atomic mass is 32.2. The fraction of sp³-hybridized carbons (Fsp3) is 0.263. The van der Waals surface area contributed by atoms with E-state index in [1.165, 1.54) is 23.1 Å². The number of rotatable bonds is 7. The number of fused-ring (bicyclic) bond motifs is 1. The first-order valence-corrected chi connectivity index (χ1v) is 10.6. The quantitative estimate of drug-likeness (QED) is 0.338. The predicted molar refractivity (Wildman–Crippen MR) is 108 cm³/mol. The maximum atomic E-state index is 13.0. The third kappa shape index (κ3) is 3.81. The van der Waals surface area contributed by atoms with E-state index in [-0.39, 0.29) is 5.56 Å². The van der Waals surface area contributed by atoms with Gasteiger partial charge in [-0.3, -0.25) is 9.36 Å². The molecular weight excluding hydrogens is 380 g/mol. The molecule has 1 aromatic carbocycles. The molecule has 138 valence electrons. The van der Waals surface area contributed by atoms with Crippen molar-refractivity contribution in [3.63, 3.8) is 0 Å². The van der Waals surface area contributed by atoms with E-state index >= 15 is 0 Å². The Balaban J connectivity index is 1.66. The Morgan fingerprint density at radius 3 is 2.85 bits per heavy atom. The molecule has 0 N–H and O–H groups in total. The second-order valence-corrected chi connectivity index (χ2v) is 7.84. The Morgan fingerprint density at radius 2 is 2.04 bits per heavy atom. The third-order valence-electron chi connectivity index (χ3n) is 4.07. The molecule has 0 bridgehead atoms. The molecule has 27 heavy (non-hydrogen) atoms. The number of para-hydroxylation sites is 1. The summed E-state index contributed by atoms with van der Waals surface area (Å²) >= 11 is 2.89. The number of aryl methyl sites for hydroxylation is 1. The molecule has 8 heteroatoms. The van der Waals surface area contributed by atoms with Gasteiger partial charge in [0.25, 0.3) is 5.56 Å². The molecule has 0 radical (unpaired) electrons. The minimum atomic E-state index is -0.0656. The van der Waals surface area contributed by atoms with Crippen molar-refractivity contribution in [2.45, 2.75) is 37.1 Å². The number of hydrogen-bond acceptors (Lipinski definition) is 7. The SMILES string of the molecule is CCCCc1noc(CSc2nc3sccc3c(=O)n2-c2ccccc2)n1. The van der Waals surface area contributed by atoms with Crippen LogP contribution in [0.1, 0.15) is 31.5 Å². The molecule has 0 atom stereocenters. The highest BCUT2D eigenvalue weighted by Crippen LogP contribution is 2.26. The zero-order valence-electron chi connectivity index (χ0n) is 14.8. The molecular formula is C19H18N4O2S2. The summed E-state index contributed by atoms with van der Waals surface area (Å²) in [5.41, 5.74) is 0.726. The molecule has 0 saturated carbocycles. The van der Waals surface area contributed by atoms with E-state index < -0.39 is 0 Å². The fourth-order valence-electron chi connectivity index (χ4n) is 2.71. The lowest BCUT2D eigenvalue weighted by Crippen LogP contribution is -2.21. The van der Waals surface area contributed by atoms with Crippen molar-refractivity contribution in [3.05, 3.63) is 63.8 Å². The molecule has 0 aliphatic rings.